The predicted octanol–water partition coefficient (Wildman–Crippen LogP) is 5.33. The van der Waals surface area contributed by atoms with Crippen LogP contribution in [0.25, 0.3) is 22.2 Å². The Balaban J connectivity index is 1.06. The minimum atomic E-state index is -0.0188. The van der Waals surface area contributed by atoms with Gasteiger partial charge in [-0.15, -0.1) is 0 Å². The molecule has 1 saturated heterocycles. The molecular formula is C33H37N5O2. The summed E-state index contributed by atoms with van der Waals surface area (Å²) in [5.41, 5.74) is 5.80. The minimum Gasteiger partial charge on any atom is -0.494 e. The number of amides is 1. The molecule has 3 heterocycles. The van der Waals surface area contributed by atoms with Gasteiger partial charge in [-0.3, -0.25) is 14.7 Å². The van der Waals surface area contributed by atoms with Crippen LogP contribution >= 0.6 is 0 Å². The molecule has 7 nitrogen and oxygen atoms in total. The van der Waals surface area contributed by atoms with E-state index >= 15 is 0 Å². The fraction of sp³-hybridized carbons (Fsp3) is 0.364. The maximum atomic E-state index is 13.5. The molecule has 1 saturated carbocycles. The molecule has 206 valence electrons. The number of hydrogen-bond acceptors (Lipinski definition) is 6. The quantitative estimate of drug-likeness (QED) is 0.329. The summed E-state index contributed by atoms with van der Waals surface area (Å²) in [6.45, 7) is 10.1. The number of para-hydroxylation sites is 1. The molecule has 0 radical (unpaired) electrons. The molecule has 4 aromatic rings. The summed E-state index contributed by atoms with van der Waals surface area (Å²) in [6, 6.07) is 20.0. The normalized spacial score (nSPS) is 19.3. The van der Waals surface area contributed by atoms with Gasteiger partial charge in [0.15, 0.2) is 0 Å². The average Bonchev–Trinajstić information content (AvgIpc) is 2.96. The van der Waals surface area contributed by atoms with Crippen LogP contribution in [0, 0.1) is 12.8 Å². The summed E-state index contributed by atoms with van der Waals surface area (Å²) in [5, 5.41) is 4.19. The van der Waals surface area contributed by atoms with Crippen LogP contribution in [-0.4, -0.2) is 66.1 Å². The highest BCUT2D eigenvalue weighted by Gasteiger charge is 2.33. The highest BCUT2D eigenvalue weighted by Crippen LogP contribution is 2.31. The molecule has 6 rings (SSSR count). The Morgan fingerprint density at radius 2 is 1.80 bits per heavy atom. The number of benzene rings is 2. The van der Waals surface area contributed by atoms with Gasteiger partial charge < -0.3 is 15.0 Å². The van der Waals surface area contributed by atoms with Crippen LogP contribution in [0.5, 0.6) is 5.75 Å². The number of carbonyl (C=O) groups excluding carboxylic acids is 1. The van der Waals surface area contributed by atoms with E-state index in [0.717, 1.165) is 73.5 Å². The summed E-state index contributed by atoms with van der Waals surface area (Å²) in [4.78, 5) is 27.7. The molecule has 1 aliphatic heterocycles. The van der Waals surface area contributed by atoms with Gasteiger partial charge in [-0.1, -0.05) is 18.2 Å². The second-order valence-electron chi connectivity index (χ2n) is 11.0. The maximum absolute atomic E-state index is 13.5. The van der Waals surface area contributed by atoms with Crippen LogP contribution in [0.1, 0.15) is 35.7 Å². The minimum absolute atomic E-state index is 0.0188. The number of anilines is 1. The van der Waals surface area contributed by atoms with Gasteiger partial charge in [-0.25, -0.2) is 4.98 Å². The number of piperazine rings is 1. The van der Waals surface area contributed by atoms with Gasteiger partial charge in [-0.2, -0.15) is 0 Å². The number of hydrogen-bond donors (Lipinski definition) is 1. The lowest BCUT2D eigenvalue weighted by Crippen LogP contribution is -2.52. The van der Waals surface area contributed by atoms with Crippen molar-refractivity contribution in [2.45, 2.75) is 32.7 Å². The van der Waals surface area contributed by atoms with E-state index in [-0.39, 0.29) is 11.9 Å². The van der Waals surface area contributed by atoms with E-state index in [1.54, 1.807) is 0 Å². The van der Waals surface area contributed by atoms with Gasteiger partial charge in [0, 0.05) is 55.9 Å². The van der Waals surface area contributed by atoms with Crippen molar-refractivity contribution in [3.63, 3.8) is 0 Å². The van der Waals surface area contributed by atoms with E-state index in [4.69, 9.17) is 9.72 Å². The molecule has 0 unspecified atom stereocenters. The van der Waals surface area contributed by atoms with Gasteiger partial charge in [0.05, 0.1) is 35.3 Å². The Kier molecular flexibility index (Phi) is 7.64. The molecule has 2 aromatic heterocycles. The molecule has 1 amide bonds. The molecule has 0 bridgehead atoms. The lowest BCUT2D eigenvalue weighted by molar-refractivity contribution is 0.0856. The Morgan fingerprint density at radius 1 is 1.02 bits per heavy atom. The second kappa shape index (κ2) is 11.6. The molecule has 7 heteroatoms. The third-order valence-corrected chi connectivity index (χ3v) is 8.23. The predicted molar refractivity (Wildman–Crippen MR) is 160 cm³/mol. The van der Waals surface area contributed by atoms with Gasteiger partial charge in [-0.05, 0) is 80.6 Å². The van der Waals surface area contributed by atoms with Gasteiger partial charge in [0.1, 0.15) is 5.75 Å². The van der Waals surface area contributed by atoms with Crippen molar-refractivity contribution in [1.29, 1.82) is 0 Å². The van der Waals surface area contributed by atoms with Crippen LogP contribution in [0.3, 0.4) is 0 Å². The number of ether oxygens (including phenoxy) is 1. The largest absolute Gasteiger partial charge is 0.494 e. The summed E-state index contributed by atoms with van der Waals surface area (Å²) >= 11 is 0. The highest BCUT2D eigenvalue weighted by molar-refractivity contribution is 6.07. The molecule has 1 N–H and O–H groups in total. The zero-order valence-corrected chi connectivity index (χ0v) is 23.3. The topological polar surface area (TPSA) is 70.6 Å². The summed E-state index contributed by atoms with van der Waals surface area (Å²) in [7, 11) is 0. The smallest absolute Gasteiger partial charge is 0.252 e. The molecule has 2 aromatic carbocycles. The summed E-state index contributed by atoms with van der Waals surface area (Å²) in [5.74, 6) is 1.44. The van der Waals surface area contributed by atoms with Crippen molar-refractivity contribution in [3.8, 4) is 17.0 Å². The zero-order chi connectivity index (χ0) is 27.5. The molecule has 40 heavy (non-hydrogen) atoms. The highest BCUT2D eigenvalue weighted by atomic mass is 16.5. The number of aromatic nitrogens is 2. The Labute approximate surface area is 236 Å². The molecule has 0 spiro atoms. The van der Waals surface area contributed by atoms with Crippen molar-refractivity contribution in [3.05, 3.63) is 84.2 Å². The lowest BCUT2D eigenvalue weighted by atomic mass is 9.79. The first-order chi connectivity index (χ1) is 19.6. The number of aryl methyl sites for hydroxylation is 1. The van der Waals surface area contributed by atoms with Crippen LogP contribution in [0.4, 0.5) is 5.69 Å². The van der Waals surface area contributed by atoms with Crippen LogP contribution in [0.15, 0.2) is 73.1 Å². The van der Waals surface area contributed by atoms with Crippen molar-refractivity contribution in [1.82, 2.24) is 20.2 Å². The van der Waals surface area contributed by atoms with E-state index in [2.05, 4.69) is 33.1 Å². The third-order valence-electron chi connectivity index (χ3n) is 8.23. The standard InChI is InChI=1S/C33H37N5O2/c1-3-40-27-10-8-25(9-11-27)31-20-29(28-6-4-5-7-30(28)36-31)33(39)35-26-18-24(19-26)22-37-14-16-38(17-15-37)32-21-34-13-12-23(32)2/h4-13,20-21,24,26H,3,14-19,22H2,1-2H3,(H,35,39). The summed E-state index contributed by atoms with van der Waals surface area (Å²) < 4.78 is 5.58. The fourth-order valence-corrected chi connectivity index (χ4v) is 5.99. The van der Waals surface area contributed by atoms with Crippen molar-refractivity contribution < 1.29 is 9.53 Å². The van der Waals surface area contributed by atoms with E-state index in [0.29, 0.717) is 18.1 Å². The number of fused-ring (bicyclic) bond motifs is 1. The van der Waals surface area contributed by atoms with Gasteiger partial charge in [0.25, 0.3) is 5.91 Å². The van der Waals surface area contributed by atoms with Crippen molar-refractivity contribution >= 4 is 22.5 Å². The van der Waals surface area contributed by atoms with Crippen molar-refractivity contribution in [2.75, 3.05) is 44.2 Å². The third kappa shape index (κ3) is 5.65. The number of rotatable bonds is 8. The van der Waals surface area contributed by atoms with E-state index in [1.165, 1.54) is 11.3 Å². The molecule has 1 aliphatic carbocycles. The number of pyridine rings is 2. The summed E-state index contributed by atoms with van der Waals surface area (Å²) in [6.07, 6.45) is 5.90. The lowest BCUT2D eigenvalue weighted by Gasteiger charge is -2.42. The fourth-order valence-electron chi connectivity index (χ4n) is 5.99. The zero-order valence-electron chi connectivity index (χ0n) is 23.3. The van der Waals surface area contributed by atoms with Gasteiger partial charge >= 0.3 is 0 Å². The van der Waals surface area contributed by atoms with Gasteiger partial charge in [0.2, 0.25) is 0 Å². The van der Waals surface area contributed by atoms with Crippen LogP contribution in [0.2, 0.25) is 0 Å². The van der Waals surface area contributed by atoms with E-state index in [1.807, 2.05) is 73.9 Å². The SMILES string of the molecule is CCOc1ccc(-c2cc(C(=O)NC3CC(CN4CCN(c5cnccc5C)CC4)C3)c3ccccc3n2)cc1. The number of nitrogens with zero attached hydrogens (tertiary/aromatic N) is 4. The average molecular weight is 536 g/mol. The number of carbonyl (C=O) groups is 1. The molecular weight excluding hydrogens is 498 g/mol. The van der Waals surface area contributed by atoms with Crippen molar-refractivity contribution in [2.24, 2.45) is 5.92 Å². The Hall–Kier alpha value is -3.97. The maximum Gasteiger partial charge on any atom is 0.252 e. The Bertz CT molecular complexity index is 1470. The monoisotopic (exact) mass is 535 g/mol. The molecule has 2 aliphatic rings. The van der Waals surface area contributed by atoms with E-state index < -0.39 is 0 Å². The van der Waals surface area contributed by atoms with E-state index in [9.17, 15) is 4.79 Å². The molecule has 2 fully saturated rings. The Morgan fingerprint density at radius 3 is 2.55 bits per heavy atom. The molecule has 0 atom stereocenters. The van der Waals surface area contributed by atoms with Crippen LogP contribution in [-0.2, 0) is 0 Å². The number of nitrogens with one attached hydrogen (secondary N) is 1. The first-order valence-corrected chi connectivity index (χ1v) is 14.4. The first-order valence-electron chi connectivity index (χ1n) is 14.4. The van der Waals surface area contributed by atoms with Crippen LogP contribution < -0.4 is 15.0 Å². The second-order valence-corrected chi connectivity index (χ2v) is 11.0. The first kappa shape index (κ1) is 26.3.